The molecule has 0 radical (unpaired) electrons. The fourth-order valence-corrected chi connectivity index (χ4v) is 2.69. The van der Waals surface area contributed by atoms with Crippen LogP contribution in [0.4, 0.5) is 0 Å². The Bertz CT molecular complexity index is 409. The molecular weight excluding hydrogens is 306 g/mol. The second-order valence-corrected chi connectivity index (χ2v) is 5.87. The maximum absolute atomic E-state index is 10.2. The minimum atomic E-state index is 0.397. The number of halogens is 1. The zero-order valence-corrected chi connectivity index (χ0v) is 13.8. The lowest BCUT2D eigenvalue weighted by Gasteiger charge is -2.28. The molecule has 0 saturated heterocycles. The van der Waals surface area contributed by atoms with Crippen LogP contribution in [0.25, 0.3) is 0 Å². The summed E-state index contributed by atoms with van der Waals surface area (Å²) in [5, 5.41) is 10.2. The minimum Gasteiger partial charge on any atom is -0.507 e. The molecule has 1 aromatic carbocycles. The van der Waals surface area contributed by atoms with E-state index < -0.39 is 0 Å². The maximum Gasteiger partial charge on any atom is 0.123 e. The molecule has 4 heteroatoms. The van der Waals surface area contributed by atoms with E-state index >= 15 is 0 Å². The van der Waals surface area contributed by atoms with Crippen molar-refractivity contribution in [3.05, 3.63) is 27.7 Å². The second kappa shape index (κ2) is 7.88. The Balaban J connectivity index is 2.89. The fraction of sp³-hybridized carbons (Fsp3) is 0.600. The second-order valence-electron chi connectivity index (χ2n) is 4.95. The van der Waals surface area contributed by atoms with Gasteiger partial charge in [-0.05, 0) is 38.0 Å². The van der Waals surface area contributed by atoms with Crippen molar-refractivity contribution >= 4 is 15.9 Å². The van der Waals surface area contributed by atoms with Crippen LogP contribution in [-0.2, 0) is 11.3 Å². The van der Waals surface area contributed by atoms with E-state index in [-0.39, 0.29) is 0 Å². The molecule has 108 valence electrons. The van der Waals surface area contributed by atoms with E-state index in [1.165, 1.54) is 0 Å². The molecule has 1 aromatic rings. The zero-order valence-electron chi connectivity index (χ0n) is 12.2. The van der Waals surface area contributed by atoms with E-state index in [1.54, 1.807) is 7.11 Å². The van der Waals surface area contributed by atoms with Gasteiger partial charge in [0.05, 0.1) is 6.61 Å². The average Bonchev–Trinajstić information content (AvgIpc) is 2.38. The van der Waals surface area contributed by atoms with Crippen molar-refractivity contribution in [2.75, 3.05) is 20.3 Å². The van der Waals surface area contributed by atoms with Crippen molar-refractivity contribution < 1.29 is 9.84 Å². The Hall–Kier alpha value is -0.580. The first-order chi connectivity index (χ1) is 8.99. The minimum absolute atomic E-state index is 0.397. The summed E-state index contributed by atoms with van der Waals surface area (Å²) in [7, 11) is 1.72. The molecule has 1 unspecified atom stereocenters. The van der Waals surface area contributed by atoms with E-state index in [2.05, 4.69) is 34.7 Å². The van der Waals surface area contributed by atoms with E-state index in [1.807, 2.05) is 19.1 Å². The molecule has 1 atom stereocenters. The van der Waals surface area contributed by atoms with Gasteiger partial charge in [0.15, 0.2) is 0 Å². The first-order valence-corrected chi connectivity index (χ1v) is 7.49. The number of ether oxygens (including phenoxy) is 1. The first kappa shape index (κ1) is 16.5. The standard InChI is InChI=1S/C15H24BrNO2/c1-5-12(3)17(6-7-19-4)10-13-9-14(16)8-11(2)15(13)18/h8-9,12,18H,5-7,10H2,1-4H3. The highest BCUT2D eigenvalue weighted by atomic mass is 79.9. The van der Waals surface area contributed by atoms with Crippen molar-refractivity contribution in [2.45, 2.75) is 39.8 Å². The predicted molar refractivity (Wildman–Crippen MR) is 82.6 cm³/mol. The molecule has 0 aliphatic carbocycles. The molecule has 0 aromatic heterocycles. The van der Waals surface area contributed by atoms with Gasteiger partial charge in [0.25, 0.3) is 0 Å². The van der Waals surface area contributed by atoms with Crippen LogP contribution in [0.1, 0.15) is 31.4 Å². The zero-order chi connectivity index (χ0) is 14.4. The molecule has 0 fully saturated rings. The third kappa shape index (κ3) is 4.79. The largest absolute Gasteiger partial charge is 0.507 e. The van der Waals surface area contributed by atoms with Gasteiger partial charge < -0.3 is 9.84 Å². The highest BCUT2D eigenvalue weighted by Crippen LogP contribution is 2.28. The molecule has 3 nitrogen and oxygen atoms in total. The summed E-state index contributed by atoms with van der Waals surface area (Å²) in [6.45, 7) is 8.62. The Morgan fingerprint density at radius 3 is 2.68 bits per heavy atom. The van der Waals surface area contributed by atoms with E-state index in [9.17, 15) is 5.11 Å². The van der Waals surface area contributed by atoms with Crippen molar-refractivity contribution in [3.8, 4) is 5.75 Å². The summed E-state index contributed by atoms with van der Waals surface area (Å²) in [4.78, 5) is 2.34. The third-order valence-corrected chi connectivity index (χ3v) is 3.97. The lowest BCUT2D eigenvalue weighted by molar-refractivity contribution is 0.117. The Labute approximate surface area is 124 Å². The molecule has 1 N–H and O–H groups in total. The van der Waals surface area contributed by atoms with Crippen LogP contribution < -0.4 is 0 Å². The highest BCUT2D eigenvalue weighted by Gasteiger charge is 2.15. The molecule has 0 amide bonds. The summed E-state index contributed by atoms with van der Waals surface area (Å²) >= 11 is 3.49. The normalized spacial score (nSPS) is 12.9. The summed E-state index contributed by atoms with van der Waals surface area (Å²) < 4.78 is 6.18. The lowest BCUT2D eigenvalue weighted by atomic mass is 10.1. The summed E-state index contributed by atoms with van der Waals surface area (Å²) in [6.07, 6.45) is 1.08. The molecule has 19 heavy (non-hydrogen) atoms. The number of benzene rings is 1. The van der Waals surface area contributed by atoms with Crippen molar-refractivity contribution in [1.29, 1.82) is 0 Å². The van der Waals surface area contributed by atoms with Crippen molar-refractivity contribution in [2.24, 2.45) is 0 Å². The number of nitrogens with zero attached hydrogens (tertiary/aromatic N) is 1. The monoisotopic (exact) mass is 329 g/mol. The quantitative estimate of drug-likeness (QED) is 0.827. The van der Waals surface area contributed by atoms with E-state index in [0.717, 1.165) is 35.1 Å². The van der Waals surface area contributed by atoms with Crippen LogP contribution in [0.3, 0.4) is 0 Å². The molecular formula is C15H24BrNO2. The van der Waals surface area contributed by atoms with Crippen LogP contribution in [-0.4, -0.2) is 36.3 Å². The van der Waals surface area contributed by atoms with Crippen LogP contribution in [0.15, 0.2) is 16.6 Å². The Morgan fingerprint density at radius 2 is 2.11 bits per heavy atom. The van der Waals surface area contributed by atoms with Crippen molar-refractivity contribution in [3.63, 3.8) is 0 Å². The van der Waals surface area contributed by atoms with Crippen LogP contribution >= 0.6 is 15.9 Å². The molecule has 0 bridgehead atoms. The Kier molecular flexibility index (Phi) is 6.83. The van der Waals surface area contributed by atoms with Gasteiger partial charge in [0, 0.05) is 36.3 Å². The Morgan fingerprint density at radius 1 is 1.42 bits per heavy atom. The number of phenolic OH excluding ortho intramolecular Hbond substituents is 1. The van der Waals surface area contributed by atoms with Gasteiger partial charge >= 0.3 is 0 Å². The number of aromatic hydroxyl groups is 1. The summed E-state index contributed by atoms with van der Waals surface area (Å²) in [5.74, 6) is 0.397. The third-order valence-electron chi connectivity index (χ3n) is 3.51. The van der Waals surface area contributed by atoms with Gasteiger partial charge in [-0.25, -0.2) is 0 Å². The molecule has 1 rings (SSSR count). The fourth-order valence-electron chi connectivity index (χ4n) is 2.07. The molecule has 0 saturated carbocycles. The first-order valence-electron chi connectivity index (χ1n) is 6.70. The molecule has 0 heterocycles. The SMILES string of the molecule is CCC(C)N(CCOC)Cc1cc(Br)cc(C)c1O. The predicted octanol–water partition coefficient (Wildman–Crippen LogP) is 3.71. The van der Waals surface area contributed by atoms with Gasteiger partial charge in [-0.3, -0.25) is 4.90 Å². The number of aryl methyl sites for hydroxylation is 1. The number of hydrogen-bond donors (Lipinski definition) is 1. The van der Waals surface area contributed by atoms with Gasteiger partial charge in [-0.15, -0.1) is 0 Å². The summed E-state index contributed by atoms with van der Waals surface area (Å²) in [6, 6.07) is 4.39. The summed E-state index contributed by atoms with van der Waals surface area (Å²) in [5.41, 5.74) is 1.86. The number of rotatable bonds is 7. The molecule has 0 aliphatic rings. The van der Waals surface area contributed by atoms with Crippen LogP contribution in [0.5, 0.6) is 5.75 Å². The number of methoxy groups -OCH3 is 1. The van der Waals surface area contributed by atoms with Gasteiger partial charge in [0.1, 0.15) is 5.75 Å². The number of hydrogen-bond acceptors (Lipinski definition) is 3. The van der Waals surface area contributed by atoms with Gasteiger partial charge in [-0.2, -0.15) is 0 Å². The smallest absolute Gasteiger partial charge is 0.123 e. The van der Waals surface area contributed by atoms with Crippen LogP contribution in [0.2, 0.25) is 0 Å². The van der Waals surface area contributed by atoms with Gasteiger partial charge in [0.2, 0.25) is 0 Å². The van der Waals surface area contributed by atoms with Crippen molar-refractivity contribution in [1.82, 2.24) is 4.90 Å². The highest BCUT2D eigenvalue weighted by molar-refractivity contribution is 9.10. The number of phenols is 1. The average molecular weight is 330 g/mol. The van der Waals surface area contributed by atoms with E-state index in [0.29, 0.717) is 18.4 Å². The maximum atomic E-state index is 10.2. The van der Waals surface area contributed by atoms with E-state index in [4.69, 9.17) is 4.74 Å². The topological polar surface area (TPSA) is 32.7 Å². The molecule has 0 spiro atoms. The van der Waals surface area contributed by atoms with Crippen LogP contribution in [0, 0.1) is 6.92 Å². The lowest BCUT2D eigenvalue weighted by Crippen LogP contribution is -2.34. The van der Waals surface area contributed by atoms with Gasteiger partial charge in [-0.1, -0.05) is 22.9 Å². The molecule has 0 aliphatic heterocycles.